The van der Waals surface area contributed by atoms with Gasteiger partial charge in [-0.05, 0) is 35.9 Å². The largest absolute Gasteiger partial charge is 0.485 e. The highest BCUT2D eigenvalue weighted by molar-refractivity contribution is 7.89. The van der Waals surface area contributed by atoms with E-state index < -0.39 is 38.4 Å². The first-order valence-corrected chi connectivity index (χ1v) is 10.0. The van der Waals surface area contributed by atoms with Gasteiger partial charge in [-0.15, -0.1) is 0 Å². The summed E-state index contributed by atoms with van der Waals surface area (Å²) in [5.41, 5.74) is -1.19. The van der Waals surface area contributed by atoms with Gasteiger partial charge in [0.25, 0.3) is 0 Å². The molecule has 152 valence electrons. The van der Waals surface area contributed by atoms with Crippen LogP contribution >= 0.6 is 11.6 Å². The normalized spacial score (nSPS) is 17.9. The fourth-order valence-corrected chi connectivity index (χ4v) is 4.51. The van der Waals surface area contributed by atoms with Crippen LogP contribution in [0.5, 0.6) is 5.75 Å². The Kier molecular flexibility index (Phi) is 5.63. The molecule has 5 nitrogen and oxygen atoms in total. The first kappa shape index (κ1) is 21.2. The van der Waals surface area contributed by atoms with Gasteiger partial charge in [0.2, 0.25) is 15.7 Å². The summed E-state index contributed by atoms with van der Waals surface area (Å²) >= 11 is 5.82. The molecule has 1 fully saturated rings. The van der Waals surface area contributed by atoms with Crippen molar-refractivity contribution in [3.05, 3.63) is 76.6 Å². The Morgan fingerprint density at radius 2 is 1.86 bits per heavy atom. The van der Waals surface area contributed by atoms with Gasteiger partial charge >= 0.3 is 6.18 Å². The topological polar surface area (TPSA) is 51.0 Å². The highest BCUT2D eigenvalue weighted by atomic mass is 35.5. The minimum Gasteiger partial charge on any atom is -0.485 e. The predicted octanol–water partition coefficient (Wildman–Crippen LogP) is 4.92. The zero-order valence-electron chi connectivity index (χ0n) is 14.8. The van der Waals surface area contributed by atoms with E-state index in [0.717, 1.165) is 10.4 Å². The molecule has 10 heteroatoms. The highest BCUT2D eigenvalue weighted by Crippen LogP contribution is 2.37. The predicted molar refractivity (Wildman–Crippen MR) is 101 cm³/mol. The number of sulfonamides is 1. The van der Waals surface area contributed by atoms with Gasteiger partial charge in [0, 0.05) is 17.1 Å². The number of hydrogen-bond acceptors (Lipinski definition) is 3. The van der Waals surface area contributed by atoms with Crippen molar-refractivity contribution in [2.45, 2.75) is 17.2 Å². The molecule has 1 aliphatic heterocycles. The van der Waals surface area contributed by atoms with Crippen molar-refractivity contribution in [2.24, 2.45) is 0 Å². The third-order valence-corrected chi connectivity index (χ3v) is 6.43. The maximum Gasteiger partial charge on any atom is 0.415 e. The van der Waals surface area contributed by atoms with Crippen molar-refractivity contribution in [1.29, 1.82) is 0 Å². The molecule has 2 aromatic carbocycles. The molecule has 0 saturated carbocycles. The van der Waals surface area contributed by atoms with Gasteiger partial charge in [-0.1, -0.05) is 30.3 Å². The summed E-state index contributed by atoms with van der Waals surface area (Å²) < 4.78 is 71.3. The van der Waals surface area contributed by atoms with Gasteiger partial charge in [-0.2, -0.15) is 17.5 Å². The van der Waals surface area contributed by atoms with E-state index in [1.165, 1.54) is 0 Å². The molecule has 0 spiro atoms. The Bertz CT molecular complexity index is 1090. The van der Waals surface area contributed by atoms with E-state index >= 15 is 0 Å². The van der Waals surface area contributed by atoms with Crippen molar-refractivity contribution in [2.75, 3.05) is 13.1 Å². The molecule has 1 saturated heterocycles. The van der Waals surface area contributed by atoms with Crippen molar-refractivity contribution in [3.8, 4) is 5.75 Å². The summed E-state index contributed by atoms with van der Waals surface area (Å²) in [5.74, 6) is 0.469. The summed E-state index contributed by atoms with van der Waals surface area (Å²) in [6.07, 6.45) is -5.32. The van der Waals surface area contributed by atoms with Crippen LogP contribution in [-0.4, -0.2) is 31.9 Å². The van der Waals surface area contributed by atoms with Crippen LogP contribution in [0.25, 0.3) is 4.85 Å². The van der Waals surface area contributed by atoms with Crippen LogP contribution in [0.2, 0.25) is 5.02 Å². The quantitative estimate of drug-likeness (QED) is 0.499. The Balaban J connectivity index is 1.86. The molecule has 2 aromatic rings. The summed E-state index contributed by atoms with van der Waals surface area (Å²) in [4.78, 5) is 2.49. The molecule has 0 bridgehead atoms. The lowest BCUT2D eigenvalue weighted by Gasteiger charge is -2.18. The molecule has 1 atom stereocenters. The van der Waals surface area contributed by atoms with Gasteiger partial charge in [0.15, 0.2) is 0 Å². The minimum atomic E-state index is -4.68. The highest BCUT2D eigenvalue weighted by Gasteiger charge is 2.38. The van der Waals surface area contributed by atoms with Crippen LogP contribution in [0.3, 0.4) is 0 Å². The zero-order valence-corrected chi connectivity index (χ0v) is 16.4. The van der Waals surface area contributed by atoms with Gasteiger partial charge in [0.05, 0.1) is 18.0 Å². The first-order valence-electron chi connectivity index (χ1n) is 8.21. The summed E-state index contributed by atoms with van der Waals surface area (Å²) in [6.45, 7) is 10.8. The lowest BCUT2D eigenvalue weighted by Crippen LogP contribution is -2.31. The second-order valence-corrected chi connectivity index (χ2v) is 8.65. The number of ether oxygens (including phenoxy) is 1. The Morgan fingerprint density at radius 1 is 1.21 bits per heavy atom. The molecule has 0 N–H and O–H groups in total. The summed E-state index contributed by atoms with van der Waals surface area (Å²) in [6, 6.07) is 8.47. The minimum absolute atomic E-state index is 0.0704. The monoisotopic (exact) mass is 442 g/mol. The third kappa shape index (κ3) is 4.40. The van der Waals surface area contributed by atoms with E-state index in [9.17, 15) is 21.6 Å². The fourth-order valence-electron chi connectivity index (χ4n) is 2.83. The summed E-state index contributed by atoms with van der Waals surface area (Å²) in [7, 11) is -4.22. The number of alkyl halides is 3. The van der Waals surface area contributed by atoms with Crippen LogP contribution < -0.4 is 4.74 Å². The Hall–Kier alpha value is -2.54. The Morgan fingerprint density at radius 3 is 2.45 bits per heavy atom. The molecule has 0 unspecified atom stereocenters. The third-order valence-electron chi connectivity index (χ3n) is 4.32. The SMILES string of the molecule is [C-]#[N+]c1cc(C(F)(F)F)ccc1S(=O)(=O)N1CC(=C)[C@@H](Oc2ccc(Cl)cc2)C1. The molecular formula is C19H14ClF3N2O3S. The van der Waals surface area contributed by atoms with Crippen LogP contribution in [-0.2, 0) is 16.2 Å². The van der Waals surface area contributed by atoms with Gasteiger partial charge < -0.3 is 4.74 Å². The van der Waals surface area contributed by atoms with Gasteiger partial charge in [-0.3, -0.25) is 0 Å². The number of nitrogens with zero attached hydrogens (tertiary/aromatic N) is 2. The molecule has 0 amide bonds. The van der Waals surface area contributed by atoms with E-state index in [4.69, 9.17) is 22.9 Å². The van der Waals surface area contributed by atoms with Gasteiger partial charge in [-0.25, -0.2) is 13.3 Å². The smallest absolute Gasteiger partial charge is 0.415 e. The standard InChI is InChI=1S/C19H14ClF3N2O3S/c1-12-10-25(11-17(12)28-15-6-4-14(20)5-7-15)29(26,27)18-8-3-13(19(21,22)23)9-16(18)24-2/h3-9,17H,1,10-11H2/t17-/m0/s1. The van der Waals surface area contributed by atoms with Crippen LogP contribution in [0.1, 0.15) is 5.56 Å². The molecule has 0 radical (unpaired) electrons. The van der Waals surface area contributed by atoms with E-state index in [0.29, 0.717) is 28.5 Å². The van der Waals surface area contributed by atoms with Gasteiger partial charge in [0.1, 0.15) is 11.9 Å². The first-order chi connectivity index (χ1) is 13.5. The number of hydrogen-bond donors (Lipinski definition) is 0. The maximum absolute atomic E-state index is 13.0. The van der Waals surface area contributed by atoms with Crippen molar-refractivity contribution in [3.63, 3.8) is 0 Å². The van der Waals surface area contributed by atoms with Crippen LogP contribution in [0.15, 0.2) is 59.5 Å². The van der Waals surface area contributed by atoms with E-state index in [-0.39, 0.29) is 13.1 Å². The van der Waals surface area contributed by atoms with Crippen molar-refractivity contribution >= 4 is 27.3 Å². The lowest BCUT2D eigenvalue weighted by atomic mass is 10.2. The molecule has 0 aliphatic carbocycles. The van der Waals surface area contributed by atoms with Crippen LogP contribution in [0, 0.1) is 6.57 Å². The second-order valence-electron chi connectivity index (χ2n) is 6.31. The number of rotatable bonds is 4. The zero-order chi connectivity index (χ0) is 21.4. The molecule has 1 heterocycles. The number of halogens is 4. The molecule has 29 heavy (non-hydrogen) atoms. The van der Waals surface area contributed by atoms with E-state index in [2.05, 4.69) is 11.4 Å². The Labute approximate surface area is 170 Å². The van der Waals surface area contributed by atoms with E-state index in [1.54, 1.807) is 24.3 Å². The summed E-state index contributed by atoms with van der Waals surface area (Å²) in [5, 5.41) is 0.515. The van der Waals surface area contributed by atoms with Crippen molar-refractivity contribution < 1.29 is 26.3 Å². The number of benzene rings is 2. The average molecular weight is 443 g/mol. The van der Waals surface area contributed by atoms with Crippen LogP contribution in [0.4, 0.5) is 18.9 Å². The maximum atomic E-state index is 13.0. The average Bonchev–Trinajstić information content (AvgIpc) is 3.03. The molecular weight excluding hydrogens is 429 g/mol. The van der Waals surface area contributed by atoms with E-state index in [1.807, 2.05) is 0 Å². The molecule has 0 aromatic heterocycles. The second kappa shape index (κ2) is 7.71. The lowest BCUT2D eigenvalue weighted by molar-refractivity contribution is -0.137. The fraction of sp³-hybridized carbons (Fsp3) is 0.211. The van der Waals surface area contributed by atoms with Crippen molar-refractivity contribution in [1.82, 2.24) is 4.31 Å². The molecule has 1 aliphatic rings. The molecule has 3 rings (SSSR count).